The summed E-state index contributed by atoms with van der Waals surface area (Å²) in [5.41, 5.74) is 5.63. The fourth-order valence-electron chi connectivity index (χ4n) is 5.84. The maximum atomic E-state index is 13.0. The minimum atomic E-state index is -0.871. The van der Waals surface area contributed by atoms with E-state index in [-0.39, 0.29) is 24.6 Å². The first kappa shape index (κ1) is 28.8. The van der Waals surface area contributed by atoms with Crippen molar-refractivity contribution < 1.29 is 15.0 Å². The monoisotopic (exact) mass is 586 g/mol. The lowest BCUT2D eigenvalue weighted by atomic mass is 10.0. The fourth-order valence-corrected chi connectivity index (χ4v) is 5.84. The van der Waals surface area contributed by atoms with Crippen LogP contribution in [0.3, 0.4) is 0 Å². The third-order valence-electron chi connectivity index (χ3n) is 8.36. The number of nitrogens with zero attached hydrogens (tertiary/aromatic N) is 8. The molecule has 5 aromatic rings. The Kier molecular flexibility index (Phi) is 7.63. The lowest BCUT2D eigenvalue weighted by Crippen LogP contribution is -2.43. The molecule has 1 fully saturated rings. The molecule has 13 heteroatoms. The highest BCUT2D eigenvalue weighted by molar-refractivity contribution is 6.01. The molecule has 0 bridgehead atoms. The fraction of sp³-hybridized carbons (Fsp3) is 0.433. The molecule has 1 aliphatic heterocycles. The molecule has 43 heavy (non-hydrogen) atoms. The average molecular weight is 587 g/mol. The number of pyridine rings is 1. The van der Waals surface area contributed by atoms with Gasteiger partial charge in [0.1, 0.15) is 0 Å². The van der Waals surface area contributed by atoms with Crippen LogP contribution < -0.4 is 10.6 Å². The second-order valence-electron chi connectivity index (χ2n) is 11.9. The number of anilines is 2. The van der Waals surface area contributed by atoms with Gasteiger partial charge in [0, 0.05) is 55.4 Å². The van der Waals surface area contributed by atoms with Gasteiger partial charge in [-0.05, 0) is 52.3 Å². The molecule has 0 aromatic carbocycles. The van der Waals surface area contributed by atoms with Crippen molar-refractivity contribution in [2.24, 2.45) is 7.05 Å². The average Bonchev–Trinajstić information content (AvgIpc) is 3.75. The summed E-state index contributed by atoms with van der Waals surface area (Å²) in [6, 6.07) is 3.83. The van der Waals surface area contributed by atoms with Crippen LogP contribution in [-0.4, -0.2) is 93.1 Å². The van der Waals surface area contributed by atoms with Crippen LogP contribution >= 0.6 is 0 Å². The van der Waals surface area contributed by atoms with Crippen LogP contribution in [0.5, 0.6) is 0 Å². The predicted molar refractivity (Wildman–Crippen MR) is 163 cm³/mol. The van der Waals surface area contributed by atoms with Crippen LogP contribution in [-0.2, 0) is 13.6 Å². The highest BCUT2D eigenvalue weighted by Crippen LogP contribution is 2.32. The summed E-state index contributed by atoms with van der Waals surface area (Å²) in [7, 11) is 1.88. The van der Waals surface area contributed by atoms with Gasteiger partial charge in [0.2, 0.25) is 0 Å². The standard InChI is InChI=1S/C30H38N10O3/c1-19-25(10-20(12-32-19)29(43)31-7-9-38-8-5-6-30(38,2)3)35-28-24-14-34-40-16-21(11-26(40)27(24)37(4)36-28)22-13-33-39(15-22)17-23(42)18-41/h10-16,23,41-42H,5-9,17-18H2,1-4H3,(H,31,43)(H,35,36). The minimum absolute atomic E-state index is 0.156. The lowest BCUT2D eigenvalue weighted by Gasteiger charge is -2.31. The minimum Gasteiger partial charge on any atom is -0.394 e. The van der Waals surface area contributed by atoms with Crippen molar-refractivity contribution in [3.63, 3.8) is 0 Å². The third-order valence-corrected chi connectivity index (χ3v) is 8.36. The zero-order chi connectivity index (χ0) is 30.3. The molecule has 0 radical (unpaired) electrons. The highest BCUT2D eigenvalue weighted by Gasteiger charge is 2.31. The Morgan fingerprint density at radius 1 is 1.14 bits per heavy atom. The summed E-state index contributed by atoms with van der Waals surface area (Å²) >= 11 is 0. The van der Waals surface area contributed by atoms with Gasteiger partial charge in [-0.1, -0.05) is 0 Å². The van der Waals surface area contributed by atoms with Crippen molar-refractivity contribution in [1.29, 1.82) is 0 Å². The van der Waals surface area contributed by atoms with E-state index < -0.39 is 6.10 Å². The predicted octanol–water partition coefficient (Wildman–Crippen LogP) is 2.49. The van der Waals surface area contributed by atoms with Crippen molar-refractivity contribution in [3.05, 3.63) is 54.4 Å². The Bertz CT molecular complexity index is 1790. The van der Waals surface area contributed by atoms with E-state index in [9.17, 15) is 9.90 Å². The van der Waals surface area contributed by atoms with Gasteiger partial charge < -0.3 is 20.8 Å². The van der Waals surface area contributed by atoms with Crippen molar-refractivity contribution >= 4 is 33.8 Å². The number of amides is 1. The molecule has 13 nitrogen and oxygen atoms in total. The zero-order valence-electron chi connectivity index (χ0n) is 24.9. The van der Waals surface area contributed by atoms with E-state index in [0.29, 0.717) is 23.6 Å². The number of aliphatic hydroxyl groups is 2. The molecular weight excluding hydrogens is 548 g/mol. The van der Waals surface area contributed by atoms with E-state index in [1.165, 1.54) is 12.8 Å². The first-order chi connectivity index (χ1) is 20.6. The topological polar surface area (TPSA) is 151 Å². The van der Waals surface area contributed by atoms with Gasteiger partial charge in [-0.2, -0.15) is 15.3 Å². The third kappa shape index (κ3) is 5.70. The molecule has 226 valence electrons. The number of aryl methyl sites for hydroxylation is 2. The van der Waals surface area contributed by atoms with E-state index in [1.807, 2.05) is 38.5 Å². The normalized spacial score (nSPS) is 15.9. The number of hydrogen-bond acceptors (Lipinski definition) is 9. The van der Waals surface area contributed by atoms with Crippen LogP contribution in [0.15, 0.2) is 43.1 Å². The molecule has 1 aliphatic rings. The Morgan fingerprint density at radius 3 is 2.74 bits per heavy atom. The van der Waals surface area contributed by atoms with E-state index in [1.54, 1.807) is 32.5 Å². The van der Waals surface area contributed by atoms with E-state index in [4.69, 9.17) is 10.2 Å². The van der Waals surface area contributed by atoms with E-state index in [2.05, 4.69) is 44.6 Å². The number of aromatic nitrogens is 7. The molecule has 6 rings (SSSR count). The largest absolute Gasteiger partial charge is 0.394 e. The summed E-state index contributed by atoms with van der Waals surface area (Å²) in [6.45, 7) is 8.74. The number of carbonyl (C=O) groups excluding carboxylic acids is 1. The molecule has 4 N–H and O–H groups in total. The maximum absolute atomic E-state index is 13.0. The van der Waals surface area contributed by atoms with Gasteiger partial charge in [-0.15, -0.1) is 0 Å². The second-order valence-corrected chi connectivity index (χ2v) is 11.9. The molecule has 1 saturated heterocycles. The van der Waals surface area contributed by atoms with Crippen molar-refractivity contribution in [1.82, 2.24) is 44.4 Å². The van der Waals surface area contributed by atoms with Crippen LogP contribution in [0, 0.1) is 6.92 Å². The van der Waals surface area contributed by atoms with Gasteiger partial charge in [-0.3, -0.25) is 24.0 Å². The Labute approximate surface area is 249 Å². The quantitative estimate of drug-likeness (QED) is 0.194. The van der Waals surface area contributed by atoms with Gasteiger partial charge in [-0.25, -0.2) is 4.52 Å². The number of fused-ring (bicyclic) bond motifs is 3. The number of carbonyl (C=O) groups is 1. The lowest BCUT2D eigenvalue weighted by molar-refractivity contribution is 0.0783. The molecule has 5 aromatic heterocycles. The molecule has 1 amide bonds. The number of likely N-dealkylation sites (tertiary alicyclic amines) is 1. The second kappa shape index (κ2) is 11.4. The number of aliphatic hydroxyl groups excluding tert-OH is 2. The summed E-state index contributed by atoms with van der Waals surface area (Å²) in [6.07, 6.45) is 10.3. The molecule has 6 heterocycles. The van der Waals surface area contributed by atoms with Gasteiger partial charge in [0.25, 0.3) is 5.91 Å². The molecule has 0 spiro atoms. The van der Waals surface area contributed by atoms with E-state index >= 15 is 0 Å². The summed E-state index contributed by atoms with van der Waals surface area (Å²) in [5, 5.41) is 39.8. The van der Waals surface area contributed by atoms with Gasteiger partial charge in [0.05, 0.1) is 65.0 Å². The van der Waals surface area contributed by atoms with Crippen molar-refractivity contribution in [2.45, 2.75) is 51.8 Å². The van der Waals surface area contributed by atoms with Crippen LogP contribution in [0.4, 0.5) is 11.5 Å². The van der Waals surface area contributed by atoms with Gasteiger partial charge in [0.15, 0.2) is 5.82 Å². The Hall–Kier alpha value is -4.33. The molecule has 0 aliphatic carbocycles. The number of hydrogen-bond donors (Lipinski definition) is 4. The zero-order valence-corrected chi connectivity index (χ0v) is 24.9. The van der Waals surface area contributed by atoms with Gasteiger partial charge >= 0.3 is 0 Å². The maximum Gasteiger partial charge on any atom is 0.252 e. The Morgan fingerprint density at radius 2 is 1.98 bits per heavy atom. The summed E-state index contributed by atoms with van der Waals surface area (Å²) in [4.78, 5) is 19.9. The van der Waals surface area contributed by atoms with Crippen LogP contribution in [0.2, 0.25) is 0 Å². The number of nitrogens with one attached hydrogen (secondary N) is 2. The first-order valence-corrected chi connectivity index (χ1v) is 14.6. The smallest absolute Gasteiger partial charge is 0.252 e. The molecular formula is C30H38N10O3. The summed E-state index contributed by atoms with van der Waals surface area (Å²) < 4.78 is 5.20. The molecule has 0 saturated carbocycles. The molecule has 1 unspecified atom stereocenters. The van der Waals surface area contributed by atoms with E-state index in [0.717, 1.165) is 46.3 Å². The SMILES string of the molecule is Cc1ncc(C(=O)NCCN2CCCC2(C)C)cc1Nc1nn(C)c2c1cnn1cc(-c3cnn(CC(O)CO)c3)cc21. The Balaban J connectivity index is 1.21. The van der Waals surface area contributed by atoms with Crippen LogP contribution in [0.1, 0.15) is 42.7 Å². The van der Waals surface area contributed by atoms with Crippen LogP contribution in [0.25, 0.3) is 27.5 Å². The first-order valence-electron chi connectivity index (χ1n) is 14.6. The highest BCUT2D eigenvalue weighted by atomic mass is 16.3. The molecule has 1 atom stereocenters. The summed E-state index contributed by atoms with van der Waals surface area (Å²) in [5.74, 6) is 0.455. The van der Waals surface area contributed by atoms with Crippen molar-refractivity contribution in [3.8, 4) is 11.1 Å². The number of rotatable bonds is 10. The van der Waals surface area contributed by atoms with Crippen molar-refractivity contribution in [2.75, 3.05) is 31.6 Å².